The highest BCUT2D eigenvalue weighted by Gasteiger charge is 2.07. The first kappa shape index (κ1) is 10.4. The van der Waals surface area contributed by atoms with Gasteiger partial charge in [-0.2, -0.15) is 0 Å². The number of para-hydroxylation sites is 1. The van der Waals surface area contributed by atoms with Crippen molar-refractivity contribution >= 4 is 5.69 Å². The molecule has 0 aliphatic heterocycles. The Morgan fingerprint density at radius 1 is 1.31 bits per heavy atom. The second-order valence-corrected chi connectivity index (χ2v) is 3.27. The summed E-state index contributed by atoms with van der Waals surface area (Å²) in [5.74, 6) is 0. The van der Waals surface area contributed by atoms with Crippen molar-refractivity contribution in [3.05, 3.63) is 52.7 Å². The van der Waals surface area contributed by atoms with Crippen LogP contribution in [-0.4, -0.2) is 14.7 Å². The first-order valence-electron chi connectivity index (χ1n) is 4.76. The molecular weight excluding hydrogens is 206 g/mol. The maximum Gasteiger partial charge on any atom is 0.281 e. The molecule has 0 saturated heterocycles. The molecule has 2 rings (SSSR count). The molecule has 0 bridgehead atoms. The molecule has 0 saturated carbocycles. The number of aromatic nitrogens is 2. The van der Waals surface area contributed by atoms with E-state index in [1.165, 1.54) is 10.9 Å². The molecule has 0 fully saturated rings. The molecule has 0 unspecified atom stereocenters. The van der Waals surface area contributed by atoms with Gasteiger partial charge in [-0.15, -0.1) is 0 Å². The summed E-state index contributed by atoms with van der Waals surface area (Å²) in [5.41, 5.74) is 6.08. The molecule has 1 aromatic carbocycles. The van der Waals surface area contributed by atoms with Gasteiger partial charge in [0, 0.05) is 0 Å². The first-order chi connectivity index (χ1) is 7.74. The van der Waals surface area contributed by atoms with E-state index < -0.39 is 0 Å². The van der Waals surface area contributed by atoms with Crippen molar-refractivity contribution in [3.8, 4) is 5.69 Å². The van der Waals surface area contributed by atoms with Gasteiger partial charge in [-0.3, -0.25) is 9.36 Å². The number of aliphatic hydroxyl groups is 1. The van der Waals surface area contributed by atoms with Crippen molar-refractivity contribution in [2.75, 3.05) is 5.73 Å². The number of benzene rings is 1. The standard InChI is InChI=1S/C11H11N3O2/c12-10-9(6-15)13-7-14(11(10)16)8-4-2-1-3-5-8/h1-5,7,15H,6,12H2. The molecule has 0 amide bonds. The van der Waals surface area contributed by atoms with Gasteiger partial charge in [-0.1, -0.05) is 18.2 Å². The molecule has 82 valence electrons. The highest BCUT2D eigenvalue weighted by Crippen LogP contribution is 2.06. The molecule has 1 heterocycles. The van der Waals surface area contributed by atoms with Crippen LogP contribution in [0, 0.1) is 0 Å². The van der Waals surface area contributed by atoms with Crippen molar-refractivity contribution < 1.29 is 5.11 Å². The van der Waals surface area contributed by atoms with Crippen molar-refractivity contribution in [2.24, 2.45) is 0 Å². The maximum absolute atomic E-state index is 11.8. The topological polar surface area (TPSA) is 81.1 Å². The number of nitrogens with two attached hydrogens (primary N) is 1. The molecule has 0 spiro atoms. The van der Waals surface area contributed by atoms with Gasteiger partial charge in [0.1, 0.15) is 12.0 Å². The molecule has 0 atom stereocenters. The molecule has 16 heavy (non-hydrogen) atoms. The second kappa shape index (κ2) is 4.16. The zero-order chi connectivity index (χ0) is 11.5. The molecule has 0 aliphatic rings. The summed E-state index contributed by atoms with van der Waals surface area (Å²) in [6.07, 6.45) is 1.36. The Morgan fingerprint density at radius 2 is 2.00 bits per heavy atom. The van der Waals surface area contributed by atoms with Crippen LogP contribution in [0.3, 0.4) is 0 Å². The minimum Gasteiger partial charge on any atom is -0.393 e. The third-order valence-corrected chi connectivity index (χ3v) is 2.27. The van der Waals surface area contributed by atoms with Crippen molar-refractivity contribution in [2.45, 2.75) is 6.61 Å². The highest BCUT2D eigenvalue weighted by atomic mass is 16.3. The van der Waals surface area contributed by atoms with Crippen LogP contribution in [0.1, 0.15) is 5.69 Å². The minimum absolute atomic E-state index is 0.0196. The second-order valence-electron chi connectivity index (χ2n) is 3.27. The molecule has 0 aliphatic carbocycles. The Balaban J connectivity index is 2.61. The lowest BCUT2D eigenvalue weighted by Gasteiger charge is -2.07. The van der Waals surface area contributed by atoms with Gasteiger partial charge in [0.05, 0.1) is 18.0 Å². The summed E-state index contributed by atoms with van der Waals surface area (Å²) >= 11 is 0. The Morgan fingerprint density at radius 3 is 2.62 bits per heavy atom. The van der Waals surface area contributed by atoms with E-state index >= 15 is 0 Å². The average molecular weight is 217 g/mol. The van der Waals surface area contributed by atoms with E-state index in [9.17, 15) is 4.79 Å². The molecule has 2 aromatic rings. The lowest BCUT2D eigenvalue weighted by molar-refractivity contribution is 0.277. The number of hydrogen-bond donors (Lipinski definition) is 2. The third-order valence-electron chi connectivity index (χ3n) is 2.27. The van der Waals surface area contributed by atoms with Gasteiger partial charge in [0.25, 0.3) is 5.56 Å². The number of nitrogens with zero attached hydrogens (tertiary/aromatic N) is 2. The minimum atomic E-state index is -0.370. The Bertz CT molecular complexity index is 549. The van der Waals surface area contributed by atoms with Crippen LogP contribution in [0.25, 0.3) is 5.69 Å². The molecular formula is C11H11N3O2. The van der Waals surface area contributed by atoms with Gasteiger partial charge in [-0.05, 0) is 12.1 Å². The molecule has 0 radical (unpaired) electrons. The fraction of sp³-hybridized carbons (Fsp3) is 0.0909. The summed E-state index contributed by atoms with van der Waals surface area (Å²) in [7, 11) is 0. The van der Waals surface area contributed by atoms with E-state index in [-0.39, 0.29) is 23.5 Å². The van der Waals surface area contributed by atoms with E-state index in [1.54, 1.807) is 12.1 Å². The van der Waals surface area contributed by atoms with Gasteiger partial charge in [0.2, 0.25) is 0 Å². The zero-order valence-electron chi connectivity index (χ0n) is 8.50. The average Bonchev–Trinajstić information content (AvgIpc) is 2.34. The molecule has 1 aromatic heterocycles. The van der Waals surface area contributed by atoms with Crippen LogP contribution in [0.15, 0.2) is 41.5 Å². The van der Waals surface area contributed by atoms with Crippen LogP contribution >= 0.6 is 0 Å². The molecule has 5 heteroatoms. The Hall–Kier alpha value is -2.14. The number of nitrogen functional groups attached to an aromatic ring is 1. The first-order valence-corrected chi connectivity index (χ1v) is 4.76. The quantitative estimate of drug-likeness (QED) is 0.758. The summed E-state index contributed by atoms with van der Waals surface area (Å²) in [4.78, 5) is 15.8. The summed E-state index contributed by atoms with van der Waals surface area (Å²) < 4.78 is 1.34. The van der Waals surface area contributed by atoms with E-state index in [4.69, 9.17) is 10.8 Å². The lowest BCUT2D eigenvalue weighted by Crippen LogP contribution is -2.24. The normalized spacial score (nSPS) is 10.3. The van der Waals surface area contributed by atoms with Crippen molar-refractivity contribution in [3.63, 3.8) is 0 Å². The van der Waals surface area contributed by atoms with Crippen LogP contribution < -0.4 is 11.3 Å². The summed E-state index contributed by atoms with van der Waals surface area (Å²) in [5, 5.41) is 8.91. The number of rotatable bonds is 2. The van der Waals surface area contributed by atoms with Crippen LogP contribution in [0.5, 0.6) is 0 Å². The Labute approximate surface area is 91.8 Å². The van der Waals surface area contributed by atoms with E-state index in [1.807, 2.05) is 18.2 Å². The predicted molar refractivity (Wildman–Crippen MR) is 60.2 cm³/mol. The van der Waals surface area contributed by atoms with Gasteiger partial charge >= 0.3 is 0 Å². The fourth-order valence-electron chi connectivity index (χ4n) is 1.40. The van der Waals surface area contributed by atoms with Gasteiger partial charge in [-0.25, -0.2) is 4.98 Å². The number of hydrogen-bond acceptors (Lipinski definition) is 4. The van der Waals surface area contributed by atoms with Crippen LogP contribution in [0.2, 0.25) is 0 Å². The number of anilines is 1. The lowest BCUT2D eigenvalue weighted by atomic mass is 10.3. The summed E-state index contributed by atoms with van der Waals surface area (Å²) in [6, 6.07) is 9.05. The highest BCUT2D eigenvalue weighted by molar-refractivity contribution is 5.43. The van der Waals surface area contributed by atoms with Gasteiger partial charge in [0.15, 0.2) is 0 Å². The monoisotopic (exact) mass is 217 g/mol. The summed E-state index contributed by atoms with van der Waals surface area (Å²) in [6.45, 7) is -0.337. The Kier molecular flexibility index (Phi) is 2.70. The molecule has 3 N–H and O–H groups in total. The SMILES string of the molecule is Nc1c(CO)ncn(-c2ccccc2)c1=O. The maximum atomic E-state index is 11.8. The predicted octanol–water partition coefficient (Wildman–Crippen LogP) is 0.307. The van der Waals surface area contributed by atoms with Crippen LogP contribution in [-0.2, 0) is 6.61 Å². The smallest absolute Gasteiger partial charge is 0.281 e. The zero-order valence-corrected chi connectivity index (χ0v) is 8.50. The van der Waals surface area contributed by atoms with Crippen molar-refractivity contribution in [1.82, 2.24) is 9.55 Å². The van der Waals surface area contributed by atoms with E-state index in [0.29, 0.717) is 5.69 Å². The largest absolute Gasteiger partial charge is 0.393 e. The fourth-order valence-corrected chi connectivity index (χ4v) is 1.40. The third kappa shape index (κ3) is 1.68. The van der Waals surface area contributed by atoms with Gasteiger partial charge < -0.3 is 10.8 Å². The number of aliphatic hydroxyl groups excluding tert-OH is 1. The molecule has 5 nitrogen and oxygen atoms in total. The van der Waals surface area contributed by atoms with E-state index in [2.05, 4.69) is 4.98 Å². The van der Waals surface area contributed by atoms with Crippen molar-refractivity contribution in [1.29, 1.82) is 0 Å². The van der Waals surface area contributed by atoms with E-state index in [0.717, 1.165) is 0 Å². The van der Waals surface area contributed by atoms with Crippen LogP contribution in [0.4, 0.5) is 5.69 Å².